The Morgan fingerprint density at radius 1 is 1.39 bits per heavy atom. The smallest absolute Gasteiger partial charge is 0.253 e. The maximum Gasteiger partial charge on any atom is 0.253 e. The Labute approximate surface area is 126 Å². The lowest BCUT2D eigenvalue weighted by atomic mass is 9.94. The van der Waals surface area contributed by atoms with Crippen molar-refractivity contribution in [3.63, 3.8) is 0 Å². The van der Waals surface area contributed by atoms with Crippen LogP contribution in [0.2, 0.25) is 5.02 Å². The zero-order valence-corrected chi connectivity index (χ0v) is 13.5. The lowest BCUT2D eigenvalue weighted by Gasteiger charge is -2.30. The van der Waals surface area contributed by atoms with E-state index in [1.807, 2.05) is 13.8 Å². The van der Waals surface area contributed by atoms with E-state index in [-0.39, 0.29) is 11.4 Å². The molecule has 0 aliphatic rings. The molecule has 0 fully saturated rings. The van der Waals surface area contributed by atoms with Crippen LogP contribution in [-0.2, 0) is 0 Å². The van der Waals surface area contributed by atoms with Crippen molar-refractivity contribution in [3.05, 3.63) is 33.3 Å². The van der Waals surface area contributed by atoms with Crippen LogP contribution >= 0.6 is 39.1 Å². The van der Waals surface area contributed by atoms with E-state index in [1.165, 1.54) is 0 Å². The van der Waals surface area contributed by atoms with Gasteiger partial charge in [0.15, 0.2) is 0 Å². The predicted molar refractivity (Wildman–Crippen MR) is 80.7 cm³/mol. The number of carbonyl (C=O) groups is 1. The summed E-state index contributed by atoms with van der Waals surface area (Å²) in [5.41, 5.74) is 0.103. The number of halogens is 3. The minimum atomic E-state index is -0.366. The first-order valence-corrected chi connectivity index (χ1v) is 7.52. The first-order chi connectivity index (χ1) is 8.48. The van der Waals surface area contributed by atoms with Gasteiger partial charge >= 0.3 is 0 Å². The largest absolute Gasteiger partial charge is 0.345 e. The number of carbonyl (C=O) groups excluding carboxylic acids is 1. The van der Waals surface area contributed by atoms with E-state index < -0.39 is 0 Å². The van der Waals surface area contributed by atoms with Crippen LogP contribution in [0.4, 0.5) is 0 Å². The molecule has 2 nitrogen and oxygen atoms in total. The van der Waals surface area contributed by atoms with Crippen LogP contribution < -0.4 is 5.32 Å². The Hall–Kier alpha value is -0.250. The lowest BCUT2D eigenvalue weighted by molar-refractivity contribution is 0.0902. The molecule has 0 unspecified atom stereocenters. The average Bonchev–Trinajstić information content (AvgIpc) is 2.36. The molecule has 0 radical (unpaired) electrons. The van der Waals surface area contributed by atoms with Gasteiger partial charge in [0.2, 0.25) is 0 Å². The van der Waals surface area contributed by atoms with Crippen molar-refractivity contribution in [2.24, 2.45) is 0 Å². The maximum atomic E-state index is 12.2. The molecule has 0 aromatic heterocycles. The van der Waals surface area contributed by atoms with Crippen LogP contribution in [0.5, 0.6) is 0 Å². The van der Waals surface area contributed by atoms with Gasteiger partial charge in [-0.3, -0.25) is 4.79 Å². The van der Waals surface area contributed by atoms with Gasteiger partial charge in [-0.15, -0.1) is 11.6 Å². The summed E-state index contributed by atoms with van der Waals surface area (Å²) in [4.78, 5) is 12.2. The molecule has 0 spiro atoms. The molecule has 0 saturated carbocycles. The summed E-state index contributed by atoms with van der Waals surface area (Å²) in [5, 5.41) is 3.41. The fourth-order valence-corrected chi connectivity index (χ4v) is 2.83. The van der Waals surface area contributed by atoms with Gasteiger partial charge < -0.3 is 5.32 Å². The second-order valence-corrected chi connectivity index (χ2v) is 5.79. The first kappa shape index (κ1) is 15.8. The highest BCUT2D eigenvalue weighted by Gasteiger charge is 2.28. The van der Waals surface area contributed by atoms with Crippen molar-refractivity contribution in [2.75, 3.05) is 5.88 Å². The Morgan fingerprint density at radius 2 is 2.00 bits per heavy atom. The van der Waals surface area contributed by atoms with Gasteiger partial charge in [-0.05, 0) is 31.0 Å². The van der Waals surface area contributed by atoms with Crippen LogP contribution in [0.25, 0.3) is 0 Å². The quantitative estimate of drug-likeness (QED) is 0.769. The highest BCUT2D eigenvalue weighted by atomic mass is 79.9. The van der Waals surface area contributed by atoms with E-state index in [4.69, 9.17) is 23.2 Å². The molecule has 1 aromatic carbocycles. The topological polar surface area (TPSA) is 29.1 Å². The van der Waals surface area contributed by atoms with Crippen molar-refractivity contribution in [1.82, 2.24) is 5.32 Å². The lowest BCUT2D eigenvalue weighted by Crippen LogP contribution is -2.49. The van der Waals surface area contributed by atoms with E-state index in [1.54, 1.807) is 18.2 Å². The standard InChI is InChI=1S/C13H16BrCl2NO/c1-3-13(4-2,8-15)17-12(18)10-6-5-9(14)7-11(10)16/h5-7H,3-4,8H2,1-2H3,(H,17,18). The minimum absolute atomic E-state index is 0.183. The summed E-state index contributed by atoms with van der Waals surface area (Å²) in [6, 6.07) is 5.20. The van der Waals surface area contributed by atoms with Gasteiger partial charge in [0.05, 0.1) is 16.1 Å². The van der Waals surface area contributed by atoms with Gasteiger partial charge in [0.25, 0.3) is 5.91 Å². The summed E-state index contributed by atoms with van der Waals surface area (Å²) in [7, 11) is 0. The molecule has 1 amide bonds. The number of amides is 1. The molecule has 0 aliphatic heterocycles. The highest BCUT2D eigenvalue weighted by Crippen LogP contribution is 2.23. The van der Waals surface area contributed by atoms with Crippen molar-refractivity contribution in [3.8, 4) is 0 Å². The average molecular weight is 353 g/mol. The van der Waals surface area contributed by atoms with E-state index in [0.717, 1.165) is 17.3 Å². The molecule has 1 rings (SSSR count). The van der Waals surface area contributed by atoms with Crippen molar-refractivity contribution in [2.45, 2.75) is 32.2 Å². The van der Waals surface area contributed by atoms with Gasteiger partial charge in [-0.25, -0.2) is 0 Å². The monoisotopic (exact) mass is 351 g/mol. The fraction of sp³-hybridized carbons (Fsp3) is 0.462. The summed E-state index contributed by atoms with van der Waals surface area (Å²) in [6.07, 6.45) is 1.57. The van der Waals surface area contributed by atoms with Crippen molar-refractivity contribution < 1.29 is 4.79 Å². The van der Waals surface area contributed by atoms with Gasteiger partial charge in [-0.1, -0.05) is 41.4 Å². The molecule has 0 saturated heterocycles. The maximum absolute atomic E-state index is 12.2. The summed E-state index contributed by atoms with van der Waals surface area (Å²) < 4.78 is 0.846. The minimum Gasteiger partial charge on any atom is -0.345 e. The van der Waals surface area contributed by atoms with Crippen LogP contribution in [-0.4, -0.2) is 17.3 Å². The second-order valence-electron chi connectivity index (χ2n) is 4.20. The van der Waals surface area contributed by atoms with Crippen molar-refractivity contribution >= 4 is 45.0 Å². The fourth-order valence-electron chi connectivity index (χ4n) is 1.63. The number of nitrogens with one attached hydrogen (secondary N) is 1. The number of rotatable bonds is 5. The van der Waals surface area contributed by atoms with Gasteiger partial charge in [0.1, 0.15) is 0 Å². The molecule has 0 bridgehead atoms. The summed E-state index contributed by atoms with van der Waals surface area (Å²) in [6.45, 7) is 4.02. The van der Waals surface area contributed by atoms with Crippen molar-refractivity contribution in [1.29, 1.82) is 0 Å². The molecule has 0 atom stereocenters. The van der Waals surface area contributed by atoms with Gasteiger partial charge in [-0.2, -0.15) is 0 Å². The Kier molecular flexibility index (Phi) is 5.96. The Bertz CT molecular complexity index is 425. The van der Waals surface area contributed by atoms with Crippen LogP contribution in [0, 0.1) is 0 Å². The third-order valence-electron chi connectivity index (χ3n) is 3.16. The third kappa shape index (κ3) is 3.62. The van der Waals surface area contributed by atoms with E-state index in [9.17, 15) is 4.79 Å². The SMILES string of the molecule is CCC(CC)(CCl)NC(=O)c1ccc(Br)cc1Cl. The molecule has 0 heterocycles. The number of benzene rings is 1. The predicted octanol–water partition coefficient (Wildman–Crippen LogP) is 4.63. The van der Waals surface area contributed by atoms with Crippen LogP contribution in [0.3, 0.4) is 0 Å². The van der Waals surface area contributed by atoms with E-state index in [2.05, 4.69) is 21.2 Å². The number of hydrogen-bond acceptors (Lipinski definition) is 1. The zero-order chi connectivity index (χ0) is 13.8. The Morgan fingerprint density at radius 3 is 2.44 bits per heavy atom. The summed E-state index contributed by atoms with van der Waals surface area (Å²) >= 11 is 15.3. The molecule has 1 N–H and O–H groups in total. The first-order valence-electron chi connectivity index (χ1n) is 5.81. The van der Waals surface area contributed by atoms with Gasteiger partial charge in [0, 0.05) is 10.4 Å². The zero-order valence-electron chi connectivity index (χ0n) is 10.4. The molecule has 100 valence electrons. The van der Waals surface area contributed by atoms with E-state index >= 15 is 0 Å². The normalized spacial score (nSPS) is 11.4. The summed E-state index contributed by atoms with van der Waals surface area (Å²) in [5.74, 6) is 0.205. The number of alkyl halides is 1. The number of hydrogen-bond donors (Lipinski definition) is 1. The highest BCUT2D eigenvalue weighted by molar-refractivity contribution is 9.10. The second kappa shape index (κ2) is 6.78. The van der Waals surface area contributed by atoms with Crippen LogP contribution in [0.1, 0.15) is 37.0 Å². The molecular weight excluding hydrogens is 337 g/mol. The van der Waals surface area contributed by atoms with E-state index in [0.29, 0.717) is 16.5 Å². The van der Waals surface area contributed by atoms with Crippen LogP contribution in [0.15, 0.2) is 22.7 Å². The molecular formula is C13H16BrCl2NO. The molecule has 18 heavy (non-hydrogen) atoms. The molecule has 0 aliphatic carbocycles. The third-order valence-corrected chi connectivity index (χ3v) is 4.48. The molecule has 5 heteroatoms. The Balaban J connectivity index is 2.94. The molecule has 1 aromatic rings.